The van der Waals surface area contributed by atoms with E-state index < -0.39 is 0 Å². The highest BCUT2D eigenvalue weighted by molar-refractivity contribution is 6.30. The number of hydrogen-bond donors (Lipinski definition) is 1. The Bertz CT molecular complexity index is 407. The van der Waals surface area contributed by atoms with Gasteiger partial charge in [0.2, 0.25) is 0 Å². The van der Waals surface area contributed by atoms with Crippen LogP contribution in [-0.2, 0) is 0 Å². The Labute approximate surface area is 114 Å². The van der Waals surface area contributed by atoms with Crippen LogP contribution < -0.4 is 10.5 Å². The molecule has 0 amide bonds. The van der Waals surface area contributed by atoms with Gasteiger partial charge in [-0.15, -0.1) is 0 Å². The van der Waals surface area contributed by atoms with E-state index in [1.54, 1.807) is 7.11 Å². The Balaban J connectivity index is 2.21. The van der Waals surface area contributed by atoms with Crippen LogP contribution in [0.15, 0.2) is 18.2 Å². The zero-order valence-electron chi connectivity index (χ0n) is 11.0. The molecule has 0 heterocycles. The molecule has 1 aliphatic rings. The second kappa shape index (κ2) is 5.91. The molecule has 2 rings (SSSR count). The minimum Gasteiger partial charge on any atom is -0.496 e. The Hall–Kier alpha value is -0.770. The van der Waals surface area contributed by atoms with Crippen LogP contribution in [0.5, 0.6) is 5.75 Å². The van der Waals surface area contributed by atoms with Gasteiger partial charge in [0.1, 0.15) is 5.75 Å². The van der Waals surface area contributed by atoms with Crippen molar-refractivity contribution in [2.45, 2.75) is 18.9 Å². The summed E-state index contributed by atoms with van der Waals surface area (Å²) in [5.41, 5.74) is 7.01. The maximum absolute atomic E-state index is 6.08. The minimum atomic E-state index is 0.166. The predicted octanol–water partition coefficient (Wildman–Crippen LogP) is 2.69. The van der Waals surface area contributed by atoms with Gasteiger partial charge in [-0.05, 0) is 44.0 Å². The smallest absolute Gasteiger partial charge is 0.123 e. The molecule has 0 saturated heterocycles. The fourth-order valence-corrected chi connectivity index (χ4v) is 2.53. The summed E-state index contributed by atoms with van der Waals surface area (Å²) in [5.74, 6) is 1.70. The van der Waals surface area contributed by atoms with Gasteiger partial charge in [-0.25, -0.2) is 0 Å². The number of hydrogen-bond acceptors (Lipinski definition) is 3. The average Bonchev–Trinajstić information content (AvgIpc) is 3.14. The van der Waals surface area contributed by atoms with E-state index in [2.05, 4.69) is 11.9 Å². The molecule has 2 N–H and O–H groups in total. The van der Waals surface area contributed by atoms with Gasteiger partial charge in [-0.1, -0.05) is 11.6 Å². The summed E-state index contributed by atoms with van der Waals surface area (Å²) >= 11 is 6.08. The van der Waals surface area contributed by atoms with Gasteiger partial charge in [0.15, 0.2) is 0 Å². The Morgan fingerprint density at radius 2 is 2.22 bits per heavy atom. The SMILES string of the molecule is COc1ccc(Cl)cc1C(CN)N(C)CC1CC1. The Kier molecular flexibility index (Phi) is 4.49. The summed E-state index contributed by atoms with van der Waals surface area (Å²) < 4.78 is 5.41. The number of nitrogens with two attached hydrogens (primary N) is 1. The molecule has 3 nitrogen and oxygen atoms in total. The van der Waals surface area contributed by atoms with Crippen molar-refractivity contribution in [1.82, 2.24) is 4.90 Å². The van der Waals surface area contributed by atoms with Crippen LogP contribution in [0.4, 0.5) is 0 Å². The van der Waals surface area contributed by atoms with Crippen LogP contribution in [-0.4, -0.2) is 32.1 Å². The molecule has 0 spiro atoms. The second-order valence-electron chi connectivity index (χ2n) is 5.02. The van der Waals surface area contributed by atoms with Crippen molar-refractivity contribution in [3.8, 4) is 5.75 Å². The van der Waals surface area contributed by atoms with Crippen molar-refractivity contribution in [2.24, 2.45) is 11.7 Å². The van der Waals surface area contributed by atoms with Crippen molar-refractivity contribution < 1.29 is 4.74 Å². The molecule has 100 valence electrons. The summed E-state index contributed by atoms with van der Waals surface area (Å²) in [6.07, 6.45) is 2.68. The largest absolute Gasteiger partial charge is 0.496 e. The van der Waals surface area contributed by atoms with Crippen LogP contribution in [0.1, 0.15) is 24.4 Å². The first-order valence-corrected chi connectivity index (χ1v) is 6.77. The topological polar surface area (TPSA) is 38.5 Å². The Morgan fingerprint density at radius 3 is 2.78 bits per heavy atom. The fourth-order valence-electron chi connectivity index (χ4n) is 2.34. The Morgan fingerprint density at radius 1 is 1.50 bits per heavy atom. The highest BCUT2D eigenvalue weighted by Crippen LogP contribution is 2.35. The number of halogens is 1. The van der Waals surface area contributed by atoms with E-state index in [4.69, 9.17) is 22.1 Å². The number of rotatable bonds is 6. The molecule has 1 aliphatic carbocycles. The zero-order chi connectivity index (χ0) is 13.1. The first kappa shape index (κ1) is 13.7. The lowest BCUT2D eigenvalue weighted by molar-refractivity contribution is 0.235. The molecule has 1 unspecified atom stereocenters. The molecule has 18 heavy (non-hydrogen) atoms. The predicted molar refractivity (Wildman–Crippen MR) is 75.2 cm³/mol. The van der Waals surface area contributed by atoms with Crippen LogP contribution in [0.2, 0.25) is 5.02 Å². The van der Waals surface area contributed by atoms with Crippen LogP contribution in [0.3, 0.4) is 0 Å². The average molecular weight is 269 g/mol. The summed E-state index contributed by atoms with van der Waals surface area (Å²) in [5, 5.41) is 0.726. The molecule has 1 aromatic rings. The summed E-state index contributed by atoms with van der Waals surface area (Å²) in [6.45, 7) is 1.66. The molecule has 0 aliphatic heterocycles. The minimum absolute atomic E-state index is 0.166. The van der Waals surface area contributed by atoms with Gasteiger partial charge in [0, 0.05) is 23.7 Å². The van der Waals surface area contributed by atoms with Gasteiger partial charge in [0.25, 0.3) is 0 Å². The molecule has 1 aromatic carbocycles. The van der Waals surface area contributed by atoms with E-state index >= 15 is 0 Å². The summed E-state index contributed by atoms with van der Waals surface area (Å²) in [6, 6.07) is 5.88. The fraction of sp³-hybridized carbons (Fsp3) is 0.571. The number of nitrogens with zero attached hydrogens (tertiary/aromatic N) is 1. The third-order valence-electron chi connectivity index (χ3n) is 3.55. The van der Waals surface area contributed by atoms with Crippen molar-refractivity contribution >= 4 is 11.6 Å². The highest BCUT2D eigenvalue weighted by Gasteiger charge is 2.27. The standard InChI is InChI=1S/C14H21ClN2O/c1-17(9-10-3-4-10)13(8-16)12-7-11(15)5-6-14(12)18-2/h5-7,10,13H,3-4,8-9,16H2,1-2H3. The quantitative estimate of drug-likeness (QED) is 0.862. The van der Waals surface area contributed by atoms with Gasteiger partial charge in [-0.3, -0.25) is 4.90 Å². The highest BCUT2D eigenvalue weighted by atomic mass is 35.5. The van der Waals surface area contributed by atoms with E-state index in [1.165, 1.54) is 12.8 Å². The zero-order valence-corrected chi connectivity index (χ0v) is 11.8. The maximum atomic E-state index is 6.08. The lowest BCUT2D eigenvalue weighted by atomic mass is 10.0. The van der Waals surface area contributed by atoms with Crippen LogP contribution in [0, 0.1) is 5.92 Å². The first-order chi connectivity index (χ1) is 8.65. The van der Waals surface area contributed by atoms with Crippen LogP contribution >= 0.6 is 11.6 Å². The van der Waals surface area contributed by atoms with E-state index in [9.17, 15) is 0 Å². The molecule has 0 bridgehead atoms. The third-order valence-corrected chi connectivity index (χ3v) is 3.78. The van der Waals surface area contributed by atoms with Crippen molar-refractivity contribution in [2.75, 3.05) is 27.2 Å². The molecular formula is C14H21ClN2O. The molecule has 4 heteroatoms. The number of benzene rings is 1. The van der Waals surface area contributed by atoms with Gasteiger partial charge in [-0.2, -0.15) is 0 Å². The van der Waals surface area contributed by atoms with E-state index in [0.717, 1.165) is 28.8 Å². The van der Waals surface area contributed by atoms with E-state index in [-0.39, 0.29) is 6.04 Å². The van der Waals surface area contributed by atoms with E-state index in [1.807, 2.05) is 18.2 Å². The molecule has 1 saturated carbocycles. The van der Waals surface area contributed by atoms with Gasteiger partial charge >= 0.3 is 0 Å². The number of methoxy groups -OCH3 is 1. The van der Waals surface area contributed by atoms with Crippen molar-refractivity contribution in [3.05, 3.63) is 28.8 Å². The van der Waals surface area contributed by atoms with E-state index in [0.29, 0.717) is 6.54 Å². The lowest BCUT2D eigenvalue weighted by Gasteiger charge is -2.28. The number of ether oxygens (including phenoxy) is 1. The maximum Gasteiger partial charge on any atom is 0.123 e. The summed E-state index contributed by atoms with van der Waals surface area (Å²) in [7, 11) is 3.80. The second-order valence-corrected chi connectivity index (χ2v) is 5.46. The van der Waals surface area contributed by atoms with Gasteiger partial charge < -0.3 is 10.5 Å². The van der Waals surface area contributed by atoms with Crippen LogP contribution in [0.25, 0.3) is 0 Å². The summed E-state index contributed by atoms with van der Waals surface area (Å²) in [4.78, 5) is 2.31. The normalized spacial score (nSPS) is 16.9. The van der Waals surface area contributed by atoms with Crippen molar-refractivity contribution in [3.63, 3.8) is 0 Å². The molecule has 0 radical (unpaired) electrons. The molecule has 1 fully saturated rings. The first-order valence-electron chi connectivity index (χ1n) is 6.39. The molecule has 0 aromatic heterocycles. The number of likely N-dealkylation sites (N-methyl/N-ethyl adjacent to an activating group) is 1. The monoisotopic (exact) mass is 268 g/mol. The lowest BCUT2D eigenvalue weighted by Crippen LogP contribution is -2.32. The third kappa shape index (κ3) is 3.16. The van der Waals surface area contributed by atoms with Crippen molar-refractivity contribution in [1.29, 1.82) is 0 Å². The molecular weight excluding hydrogens is 248 g/mol. The van der Waals surface area contributed by atoms with Gasteiger partial charge in [0.05, 0.1) is 13.2 Å². The molecule has 1 atom stereocenters.